The molecule has 0 saturated carbocycles. The van der Waals surface area contributed by atoms with Crippen molar-refractivity contribution in [1.29, 1.82) is 0 Å². The number of halogens is 2. The van der Waals surface area contributed by atoms with Gasteiger partial charge >= 0.3 is 0 Å². The van der Waals surface area contributed by atoms with Gasteiger partial charge in [0.25, 0.3) is 0 Å². The van der Waals surface area contributed by atoms with Crippen LogP contribution in [0.25, 0.3) is 0 Å². The number of anilines is 1. The number of carbonyl (C=O) groups is 1. The van der Waals surface area contributed by atoms with Crippen molar-refractivity contribution >= 4 is 36.5 Å². The Morgan fingerprint density at radius 2 is 1.84 bits per heavy atom. The molecule has 0 bridgehead atoms. The molecule has 2 heterocycles. The predicted octanol–water partition coefficient (Wildman–Crippen LogP) is 2.84. The third-order valence-corrected chi connectivity index (χ3v) is 4.15. The molecule has 1 unspecified atom stereocenters. The summed E-state index contributed by atoms with van der Waals surface area (Å²) in [5.41, 5.74) is 7.85. The lowest BCUT2D eigenvalue weighted by Gasteiger charge is -2.17. The van der Waals surface area contributed by atoms with E-state index in [-0.39, 0.29) is 30.7 Å². The first-order valence-electron chi connectivity index (χ1n) is 8.02. The Hall–Kier alpha value is -1.82. The van der Waals surface area contributed by atoms with Crippen LogP contribution in [0.15, 0.2) is 48.7 Å². The van der Waals surface area contributed by atoms with E-state index in [0.29, 0.717) is 6.54 Å². The van der Waals surface area contributed by atoms with E-state index in [0.717, 1.165) is 30.0 Å². The Labute approximate surface area is 160 Å². The van der Waals surface area contributed by atoms with Crippen molar-refractivity contribution in [2.75, 3.05) is 18.0 Å². The van der Waals surface area contributed by atoms with Crippen molar-refractivity contribution in [2.45, 2.75) is 25.4 Å². The van der Waals surface area contributed by atoms with Gasteiger partial charge in [0.1, 0.15) is 11.9 Å². The number of nitrogens with zero attached hydrogens (tertiary/aromatic N) is 2. The molecule has 1 saturated heterocycles. The summed E-state index contributed by atoms with van der Waals surface area (Å²) in [6.07, 6.45) is 4.23. The molecule has 2 aromatic rings. The second kappa shape index (κ2) is 10.2. The smallest absolute Gasteiger partial charge is 0.241 e. The van der Waals surface area contributed by atoms with E-state index < -0.39 is 6.04 Å². The van der Waals surface area contributed by atoms with Gasteiger partial charge in [-0.1, -0.05) is 30.3 Å². The number of carbonyl (C=O) groups excluding carboxylic acids is 1. The van der Waals surface area contributed by atoms with Gasteiger partial charge in [0.05, 0.1) is 0 Å². The van der Waals surface area contributed by atoms with Gasteiger partial charge in [0.2, 0.25) is 5.91 Å². The van der Waals surface area contributed by atoms with Crippen molar-refractivity contribution in [3.05, 3.63) is 59.8 Å². The van der Waals surface area contributed by atoms with Gasteiger partial charge < -0.3 is 16.0 Å². The predicted molar refractivity (Wildman–Crippen MR) is 105 cm³/mol. The molecule has 7 heteroatoms. The zero-order chi connectivity index (χ0) is 16.1. The van der Waals surface area contributed by atoms with E-state index in [1.807, 2.05) is 42.5 Å². The molecule has 1 aliphatic rings. The fourth-order valence-electron chi connectivity index (χ4n) is 2.80. The summed E-state index contributed by atoms with van der Waals surface area (Å²) in [6, 6.07) is 12.7. The zero-order valence-corrected chi connectivity index (χ0v) is 15.6. The number of rotatable bonds is 5. The SMILES string of the molecule is Cl.Cl.NC(C(=O)NCc1ccnc(N2CCCC2)c1)c1ccccc1. The van der Waals surface area contributed by atoms with Crippen molar-refractivity contribution in [1.82, 2.24) is 10.3 Å². The van der Waals surface area contributed by atoms with Crippen LogP contribution in [0, 0.1) is 0 Å². The van der Waals surface area contributed by atoms with Crippen LogP contribution in [0.4, 0.5) is 5.82 Å². The van der Waals surface area contributed by atoms with Gasteiger partial charge in [-0.25, -0.2) is 4.98 Å². The van der Waals surface area contributed by atoms with E-state index in [1.165, 1.54) is 12.8 Å². The molecule has 0 aliphatic carbocycles. The zero-order valence-electron chi connectivity index (χ0n) is 13.9. The molecule has 1 atom stereocenters. The van der Waals surface area contributed by atoms with Crippen LogP contribution < -0.4 is 16.0 Å². The minimum Gasteiger partial charge on any atom is -0.357 e. The Morgan fingerprint density at radius 3 is 2.52 bits per heavy atom. The van der Waals surface area contributed by atoms with Gasteiger partial charge in [-0.3, -0.25) is 4.79 Å². The minimum atomic E-state index is -0.643. The fourth-order valence-corrected chi connectivity index (χ4v) is 2.80. The number of benzene rings is 1. The van der Waals surface area contributed by atoms with Crippen LogP contribution in [0.5, 0.6) is 0 Å². The van der Waals surface area contributed by atoms with Crippen molar-refractivity contribution in [2.24, 2.45) is 5.73 Å². The minimum absolute atomic E-state index is 0. The van der Waals surface area contributed by atoms with E-state index in [4.69, 9.17) is 5.73 Å². The molecule has 1 aliphatic heterocycles. The van der Waals surface area contributed by atoms with E-state index in [2.05, 4.69) is 15.2 Å². The van der Waals surface area contributed by atoms with Gasteiger partial charge in [-0.2, -0.15) is 0 Å². The number of amides is 1. The van der Waals surface area contributed by atoms with Gasteiger partial charge in [0.15, 0.2) is 0 Å². The van der Waals surface area contributed by atoms with Gasteiger partial charge in [-0.05, 0) is 36.1 Å². The van der Waals surface area contributed by atoms with Crippen molar-refractivity contribution in [3.63, 3.8) is 0 Å². The maximum absolute atomic E-state index is 12.2. The van der Waals surface area contributed by atoms with Crippen molar-refractivity contribution < 1.29 is 4.79 Å². The summed E-state index contributed by atoms with van der Waals surface area (Å²) < 4.78 is 0. The van der Waals surface area contributed by atoms with E-state index in [1.54, 1.807) is 6.20 Å². The van der Waals surface area contributed by atoms with Crippen LogP contribution in [0.1, 0.15) is 30.0 Å². The molecule has 5 nitrogen and oxygen atoms in total. The number of hydrogen-bond donors (Lipinski definition) is 2. The second-order valence-electron chi connectivity index (χ2n) is 5.82. The molecule has 3 N–H and O–H groups in total. The highest BCUT2D eigenvalue weighted by atomic mass is 35.5. The lowest BCUT2D eigenvalue weighted by molar-refractivity contribution is -0.122. The Morgan fingerprint density at radius 1 is 1.16 bits per heavy atom. The van der Waals surface area contributed by atoms with Crippen LogP contribution >= 0.6 is 24.8 Å². The molecule has 136 valence electrons. The second-order valence-corrected chi connectivity index (χ2v) is 5.82. The molecule has 0 spiro atoms. The van der Waals surface area contributed by atoms with Crippen LogP contribution in [-0.4, -0.2) is 24.0 Å². The fraction of sp³-hybridized carbons (Fsp3) is 0.333. The highest BCUT2D eigenvalue weighted by Crippen LogP contribution is 2.18. The number of pyridine rings is 1. The standard InChI is InChI=1S/C18H22N4O.2ClH/c19-17(15-6-2-1-3-7-15)18(23)21-13-14-8-9-20-16(12-14)22-10-4-5-11-22;;/h1-3,6-9,12,17H,4-5,10-11,13,19H2,(H,21,23);2*1H. The summed E-state index contributed by atoms with van der Waals surface area (Å²) in [5, 5.41) is 2.90. The molecule has 1 fully saturated rings. The van der Waals surface area contributed by atoms with E-state index >= 15 is 0 Å². The third-order valence-electron chi connectivity index (χ3n) is 4.15. The first kappa shape index (κ1) is 21.2. The average molecular weight is 383 g/mol. The molecular weight excluding hydrogens is 359 g/mol. The number of hydrogen-bond acceptors (Lipinski definition) is 4. The Balaban J connectivity index is 0.00000156. The molecule has 25 heavy (non-hydrogen) atoms. The van der Waals surface area contributed by atoms with Crippen LogP contribution in [0.2, 0.25) is 0 Å². The Bertz CT molecular complexity index is 663. The van der Waals surface area contributed by atoms with E-state index in [9.17, 15) is 4.79 Å². The maximum atomic E-state index is 12.2. The highest BCUT2D eigenvalue weighted by molar-refractivity contribution is 5.85. The van der Waals surface area contributed by atoms with Crippen LogP contribution in [0.3, 0.4) is 0 Å². The summed E-state index contributed by atoms with van der Waals surface area (Å²) in [5.74, 6) is 0.817. The third kappa shape index (κ3) is 5.59. The summed E-state index contributed by atoms with van der Waals surface area (Å²) in [7, 11) is 0. The largest absolute Gasteiger partial charge is 0.357 e. The number of nitrogens with one attached hydrogen (secondary N) is 1. The molecule has 3 rings (SSSR count). The first-order chi connectivity index (χ1) is 11.2. The van der Waals surface area contributed by atoms with Gasteiger partial charge in [-0.15, -0.1) is 24.8 Å². The molecule has 0 radical (unpaired) electrons. The number of nitrogens with two attached hydrogens (primary N) is 1. The number of aromatic nitrogens is 1. The summed E-state index contributed by atoms with van der Waals surface area (Å²) in [4.78, 5) is 18.9. The molecule has 1 amide bonds. The maximum Gasteiger partial charge on any atom is 0.241 e. The highest BCUT2D eigenvalue weighted by Gasteiger charge is 2.16. The molecule has 1 aromatic heterocycles. The average Bonchev–Trinajstić information content (AvgIpc) is 3.15. The normalized spacial score (nSPS) is 14.2. The van der Waals surface area contributed by atoms with Gasteiger partial charge in [0, 0.05) is 25.8 Å². The lowest BCUT2D eigenvalue weighted by Crippen LogP contribution is -2.33. The Kier molecular flexibility index (Phi) is 8.69. The summed E-state index contributed by atoms with van der Waals surface area (Å²) in [6.45, 7) is 2.58. The quantitative estimate of drug-likeness (QED) is 0.833. The summed E-state index contributed by atoms with van der Waals surface area (Å²) >= 11 is 0. The topological polar surface area (TPSA) is 71.2 Å². The van der Waals surface area contributed by atoms with Crippen molar-refractivity contribution in [3.8, 4) is 0 Å². The monoisotopic (exact) mass is 382 g/mol. The van der Waals surface area contributed by atoms with Crippen LogP contribution in [-0.2, 0) is 11.3 Å². The molecular formula is C18H24Cl2N4O. The lowest BCUT2D eigenvalue weighted by atomic mass is 10.1. The molecule has 1 aromatic carbocycles. The first-order valence-corrected chi connectivity index (χ1v) is 8.02.